The van der Waals surface area contributed by atoms with Gasteiger partial charge in [0.05, 0.1) is 7.05 Å². The first kappa shape index (κ1) is 10.9. The van der Waals surface area contributed by atoms with Gasteiger partial charge < -0.3 is 4.90 Å². The summed E-state index contributed by atoms with van der Waals surface area (Å²) < 4.78 is 0. The topological polar surface area (TPSA) is 4.44 Å². The summed E-state index contributed by atoms with van der Waals surface area (Å²) in [4.78, 5) is 1.42. The number of hydrogen-bond acceptors (Lipinski definition) is 0. The minimum absolute atomic E-state index is 1.03. The van der Waals surface area contributed by atoms with Crippen LogP contribution in [0.1, 0.15) is 11.1 Å². The molecule has 0 spiro atoms. The van der Waals surface area contributed by atoms with Crippen molar-refractivity contribution in [3.8, 4) is 0 Å². The Hall–Kier alpha value is -1.60. The summed E-state index contributed by atoms with van der Waals surface area (Å²) in [7, 11) is 2.21. The highest BCUT2D eigenvalue weighted by Crippen LogP contribution is 2.04. The van der Waals surface area contributed by atoms with Crippen LogP contribution in [0.25, 0.3) is 0 Å². The molecule has 1 atom stereocenters. The molecule has 0 saturated carbocycles. The molecule has 1 heteroatoms. The second kappa shape index (κ2) is 4.95. The van der Waals surface area contributed by atoms with E-state index in [-0.39, 0.29) is 0 Å². The van der Waals surface area contributed by atoms with Crippen molar-refractivity contribution < 1.29 is 4.90 Å². The first-order valence-corrected chi connectivity index (χ1v) is 5.69. The molecular weight excluding hydrogens is 194 g/mol. The van der Waals surface area contributed by atoms with E-state index >= 15 is 0 Å². The molecular formula is C15H18N+. The summed E-state index contributed by atoms with van der Waals surface area (Å²) in [6.45, 7) is 3.15. The summed E-state index contributed by atoms with van der Waals surface area (Å²) in [6, 6.07) is 19.4. The Morgan fingerprint density at radius 3 is 2.12 bits per heavy atom. The van der Waals surface area contributed by atoms with Crippen molar-refractivity contribution in [1.82, 2.24) is 0 Å². The normalized spacial score (nSPS) is 12.4. The summed E-state index contributed by atoms with van der Waals surface area (Å²) in [5, 5.41) is 0. The third-order valence-corrected chi connectivity index (χ3v) is 2.86. The van der Waals surface area contributed by atoms with Crippen LogP contribution in [-0.2, 0) is 6.54 Å². The van der Waals surface area contributed by atoms with Crippen molar-refractivity contribution >= 4 is 5.69 Å². The predicted octanol–water partition coefficient (Wildman–Crippen LogP) is 2.34. The first-order chi connectivity index (χ1) is 7.75. The number of hydrogen-bond donors (Lipinski definition) is 1. The zero-order chi connectivity index (χ0) is 11.4. The molecule has 0 amide bonds. The zero-order valence-electron chi connectivity index (χ0n) is 9.90. The molecule has 0 aliphatic carbocycles. The molecule has 82 valence electrons. The Labute approximate surface area is 97.3 Å². The molecule has 2 rings (SSSR count). The quantitative estimate of drug-likeness (QED) is 0.796. The van der Waals surface area contributed by atoms with Crippen molar-refractivity contribution in [2.45, 2.75) is 13.5 Å². The molecule has 0 aromatic heterocycles. The number of aryl methyl sites for hydroxylation is 1. The van der Waals surface area contributed by atoms with E-state index in [1.807, 2.05) is 0 Å². The highest BCUT2D eigenvalue weighted by atomic mass is 15.1. The molecule has 0 radical (unpaired) electrons. The van der Waals surface area contributed by atoms with Gasteiger partial charge in [0.1, 0.15) is 12.2 Å². The van der Waals surface area contributed by atoms with Crippen LogP contribution < -0.4 is 4.90 Å². The van der Waals surface area contributed by atoms with Crippen LogP contribution >= 0.6 is 0 Å². The van der Waals surface area contributed by atoms with Gasteiger partial charge in [-0.3, -0.25) is 0 Å². The van der Waals surface area contributed by atoms with Crippen LogP contribution in [0.5, 0.6) is 0 Å². The molecule has 2 aromatic carbocycles. The van der Waals surface area contributed by atoms with Gasteiger partial charge in [-0.2, -0.15) is 0 Å². The summed E-state index contributed by atoms with van der Waals surface area (Å²) in [6.07, 6.45) is 0. The van der Waals surface area contributed by atoms with Gasteiger partial charge in [-0.1, -0.05) is 48.0 Å². The average Bonchev–Trinajstić information content (AvgIpc) is 2.31. The van der Waals surface area contributed by atoms with E-state index in [0.717, 1.165) is 6.54 Å². The highest BCUT2D eigenvalue weighted by molar-refractivity contribution is 5.32. The molecule has 0 saturated heterocycles. The van der Waals surface area contributed by atoms with Gasteiger partial charge in [0.25, 0.3) is 0 Å². The Balaban J connectivity index is 2.09. The van der Waals surface area contributed by atoms with Crippen molar-refractivity contribution in [3.05, 3.63) is 65.7 Å². The Bertz CT molecular complexity index is 431. The van der Waals surface area contributed by atoms with Crippen LogP contribution in [0.2, 0.25) is 0 Å². The number of rotatable bonds is 3. The Morgan fingerprint density at radius 1 is 0.875 bits per heavy atom. The van der Waals surface area contributed by atoms with E-state index in [9.17, 15) is 0 Å². The molecule has 1 nitrogen and oxygen atoms in total. The molecule has 0 aliphatic heterocycles. The van der Waals surface area contributed by atoms with E-state index < -0.39 is 0 Å². The van der Waals surface area contributed by atoms with E-state index in [0.29, 0.717) is 0 Å². The fraction of sp³-hybridized carbons (Fsp3) is 0.200. The third kappa shape index (κ3) is 2.71. The van der Waals surface area contributed by atoms with E-state index in [4.69, 9.17) is 0 Å². The Kier molecular flexibility index (Phi) is 3.37. The smallest absolute Gasteiger partial charge is 0.131 e. The summed E-state index contributed by atoms with van der Waals surface area (Å²) in [5.74, 6) is 0. The second-order valence-corrected chi connectivity index (χ2v) is 4.31. The van der Waals surface area contributed by atoms with Gasteiger partial charge in [-0.05, 0) is 19.1 Å². The molecule has 0 heterocycles. The van der Waals surface area contributed by atoms with Crippen LogP contribution in [-0.4, -0.2) is 7.05 Å². The number of nitrogens with one attached hydrogen (secondary N) is 1. The molecule has 0 bridgehead atoms. The fourth-order valence-electron chi connectivity index (χ4n) is 1.84. The van der Waals surface area contributed by atoms with Crippen LogP contribution in [0.3, 0.4) is 0 Å². The van der Waals surface area contributed by atoms with Crippen molar-refractivity contribution in [2.24, 2.45) is 0 Å². The van der Waals surface area contributed by atoms with Crippen LogP contribution in [0, 0.1) is 6.92 Å². The minimum Gasteiger partial charge on any atom is -0.301 e. The van der Waals surface area contributed by atoms with Crippen molar-refractivity contribution in [1.29, 1.82) is 0 Å². The lowest BCUT2D eigenvalue weighted by Gasteiger charge is -2.13. The maximum Gasteiger partial charge on any atom is 0.131 e. The van der Waals surface area contributed by atoms with Crippen molar-refractivity contribution in [3.63, 3.8) is 0 Å². The van der Waals surface area contributed by atoms with Gasteiger partial charge in [0, 0.05) is 5.56 Å². The molecule has 16 heavy (non-hydrogen) atoms. The number of benzene rings is 2. The SMILES string of the molecule is Cc1ccc([NH+](C)Cc2ccccc2)cc1. The number of quaternary nitrogens is 1. The van der Waals surface area contributed by atoms with Gasteiger partial charge in [0.15, 0.2) is 0 Å². The van der Waals surface area contributed by atoms with Gasteiger partial charge >= 0.3 is 0 Å². The first-order valence-electron chi connectivity index (χ1n) is 5.69. The Morgan fingerprint density at radius 2 is 1.50 bits per heavy atom. The average molecular weight is 212 g/mol. The lowest BCUT2D eigenvalue weighted by molar-refractivity contribution is -0.825. The summed E-state index contributed by atoms with van der Waals surface area (Å²) >= 11 is 0. The largest absolute Gasteiger partial charge is 0.301 e. The monoisotopic (exact) mass is 212 g/mol. The maximum absolute atomic E-state index is 2.21. The molecule has 0 aliphatic rings. The van der Waals surface area contributed by atoms with Crippen LogP contribution in [0.4, 0.5) is 5.69 Å². The van der Waals surface area contributed by atoms with Gasteiger partial charge in [-0.25, -0.2) is 0 Å². The van der Waals surface area contributed by atoms with Gasteiger partial charge in [-0.15, -0.1) is 0 Å². The molecule has 0 fully saturated rings. The molecule has 1 N–H and O–H groups in total. The zero-order valence-corrected chi connectivity index (χ0v) is 9.90. The van der Waals surface area contributed by atoms with Gasteiger partial charge in [0.2, 0.25) is 0 Å². The maximum atomic E-state index is 2.21. The summed E-state index contributed by atoms with van der Waals surface area (Å²) in [5.41, 5.74) is 4.03. The minimum atomic E-state index is 1.03. The fourth-order valence-corrected chi connectivity index (χ4v) is 1.84. The van der Waals surface area contributed by atoms with Crippen molar-refractivity contribution in [2.75, 3.05) is 7.05 Å². The predicted molar refractivity (Wildman–Crippen MR) is 67.9 cm³/mol. The van der Waals surface area contributed by atoms with E-state index in [1.165, 1.54) is 21.7 Å². The molecule has 1 unspecified atom stereocenters. The van der Waals surface area contributed by atoms with E-state index in [2.05, 4.69) is 68.6 Å². The second-order valence-electron chi connectivity index (χ2n) is 4.31. The lowest BCUT2D eigenvalue weighted by Crippen LogP contribution is -3.02. The lowest BCUT2D eigenvalue weighted by atomic mass is 10.2. The third-order valence-electron chi connectivity index (χ3n) is 2.86. The van der Waals surface area contributed by atoms with E-state index in [1.54, 1.807) is 0 Å². The standard InChI is InChI=1S/C15H17N/c1-13-8-10-15(11-9-13)16(2)12-14-6-4-3-5-7-14/h3-11H,12H2,1-2H3/p+1. The van der Waals surface area contributed by atoms with Crippen LogP contribution in [0.15, 0.2) is 54.6 Å². The highest BCUT2D eigenvalue weighted by Gasteiger charge is 2.06. The molecule has 2 aromatic rings.